The van der Waals surface area contributed by atoms with E-state index in [1.54, 1.807) is 12.1 Å². The average Bonchev–Trinajstić information content (AvgIpc) is 2.97. The molecule has 2 aromatic carbocycles. The van der Waals surface area contributed by atoms with Crippen molar-refractivity contribution >= 4 is 22.4 Å². The molecule has 3 atom stereocenters. The number of hydrogen-bond donors (Lipinski definition) is 0. The summed E-state index contributed by atoms with van der Waals surface area (Å²) in [5.41, 5.74) is 1.09. The van der Waals surface area contributed by atoms with Gasteiger partial charge in [0.1, 0.15) is 0 Å². The normalized spacial score (nSPS) is 23.6. The van der Waals surface area contributed by atoms with Crippen LogP contribution in [0.2, 0.25) is 5.02 Å². The minimum absolute atomic E-state index is 0.00132. The standard InChI is InChI=1S/C16H15ClO2S/c17-13-6-8-14(9-7-13)20(18)15-10-11-19-16(15)12-4-2-1-3-5-12/h1-9,15-16H,10-11H2/t15-,16+,20+/m1/s1. The lowest BCUT2D eigenvalue weighted by molar-refractivity contribution is 0.113. The number of halogens is 1. The second-order valence-electron chi connectivity index (χ2n) is 4.78. The van der Waals surface area contributed by atoms with Gasteiger partial charge in [-0.05, 0) is 36.2 Å². The zero-order valence-electron chi connectivity index (χ0n) is 10.9. The van der Waals surface area contributed by atoms with Crippen molar-refractivity contribution in [1.29, 1.82) is 0 Å². The highest BCUT2D eigenvalue weighted by Crippen LogP contribution is 2.34. The van der Waals surface area contributed by atoms with Crippen molar-refractivity contribution in [2.45, 2.75) is 22.7 Å². The summed E-state index contributed by atoms with van der Waals surface area (Å²) in [4.78, 5) is 0.811. The van der Waals surface area contributed by atoms with Gasteiger partial charge in [0.15, 0.2) is 0 Å². The molecule has 1 fully saturated rings. The highest BCUT2D eigenvalue weighted by Gasteiger charge is 2.34. The SMILES string of the molecule is O=[S@@](c1ccc(Cl)cc1)[C@@H]1CCO[C@H]1c1ccccc1. The molecular formula is C16H15ClO2S. The fourth-order valence-corrected chi connectivity index (χ4v) is 4.14. The van der Waals surface area contributed by atoms with Gasteiger partial charge >= 0.3 is 0 Å². The molecule has 1 aliphatic rings. The van der Waals surface area contributed by atoms with Crippen molar-refractivity contribution in [1.82, 2.24) is 0 Å². The molecule has 0 saturated carbocycles. The first-order chi connectivity index (χ1) is 9.75. The summed E-state index contributed by atoms with van der Waals surface area (Å²) < 4.78 is 18.5. The maximum absolute atomic E-state index is 12.7. The molecule has 2 nitrogen and oxygen atoms in total. The first kappa shape index (κ1) is 13.8. The molecule has 104 valence electrons. The van der Waals surface area contributed by atoms with Gasteiger partial charge < -0.3 is 4.74 Å². The minimum Gasteiger partial charge on any atom is -0.372 e. The molecule has 1 heterocycles. The highest BCUT2D eigenvalue weighted by molar-refractivity contribution is 7.85. The van der Waals surface area contributed by atoms with Crippen LogP contribution in [0.5, 0.6) is 0 Å². The van der Waals surface area contributed by atoms with E-state index in [-0.39, 0.29) is 11.4 Å². The molecule has 1 aliphatic heterocycles. The smallest absolute Gasteiger partial charge is 0.0972 e. The lowest BCUT2D eigenvalue weighted by Gasteiger charge is -2.18. The van der Waals surface area contributed by atoms with Crippen molar-refractivity contribution in [2.75, 3.05) is 6.61 Å². The van der Waals surface area contributed by atoms with E-state index in [0.29, 0.717) is 11.6 Å². The Morgan fingerprint density at radius 1 is 1.05 bits per heavy atom. The van der Waals surface area contributed by atoms with Crippen molar-refractivity contribution in [2.24, 2.45) is 0 Å². The van der Waals surface area contributed by atoms with Gasteiger partial charge in [0, 0.05) is 16.5 Å². The maximum Gasteiger partial charge on any atom is 0.0972 e. The lowest BCUT2D eigenvalue weighted by atomic mass is 10.1. The Balaban J connectivity index is 1.85. The van der Waals surface area contributed by atoms with Crippen LogP contribution in [0.3, 0.4) is 0 Å². The number of benzene rings is 2. The van der Waals surface area contributed by atoms with Gasteiger partial charge in [-0.2, -0.15) is 0 Å². The first-order valence-corrected chi connectivity index (χ1v) is 8.17. The van der Waals surface area contributed by atoms with Crippen LogP contribution >= 0.6 is 11.6 Å². The molecule has 20 heavy (non-hydrogen) atoms. The quantitative estimate of drug-likeness (QED) is 0.857. The molecule has 2 aromatic rings. The Labute approximate surface area is 126 Å². The van der Waals surface area contributed by atoms with Crippen LogP contribution in [0.15, 0.2) is 59.5 Å². The van der Waals surface area contributed by atoms with Gasteiger partial charge in [0.2, 0.25) is 0 Å². The van der Waals surface area contributed by atoms with E-state index in [2.05, 4.69) is 0 Å². The van der Waals surface area contributed by atoms with Crippen molar-refractivity contribution < 1.29 is 8.95 Å². The predicted octanol–water partition coefficient (Wildman–Crippen LogP) is 3.98. The topological polar surface area (TPSA) is 26.3 Å². The van der Waals surface area contributed by atoms with Gasteiger partial charge in [0.05, 0.1) is 22.2 Å². The summed E-state index contributed by atoms with van der Waals surface area (Å²) in [6, 6.07) is 17.2. The number of hydrogen-bond acceptors (Lipinski definition) is 2. The van der Waals surface area contributed by atoms with Crippen LogP contribution < -0.4 is 0 Å². The highest BCUT2D eigenvalue weighted by atomic mass is 35.5. The fraction of sp³-hybridized carbons (Fsp3) is 0.250. The minimum atomic E-state index is -1.08. The van der Waals surface area contributed by atoms with E-state index in [4.69, 9.17) is 16.3 Å². The van der Waals surface area contributed by atoms with Gasteiger partial charge in [-0.25, -0.2) is 0 Å². The first-order valence-electron chi connectivity index (χ1n) is 6.58. The zero-order valence-corrected chi connectivity index (χ0v) is 12.4. The van der Waals surface area contributed by atoms with Crippen molar-refractivity contribution in [3.05, 3.63) is 65.2 Å². The van der Waals surface area contributed by atoms with Crippen LogP contribution in [-0.4, -0.2) is 16.1 Å². The Bertz CT molecular complexity index is 598. The summed E-state index contributed by atoms with van der Waals surface area (Å²) in [6.07, 6.45) is 0.724. The Morgan fingerprint density at radius 3 is 2.45 bits per heavy atom. The van der Waals surface area contributed by atoms with E-state index in [0.717, 1.165) is 16.9 Å². The van der Waals surface area contributed by atoms with Crippen LogP contribution in [0, 0.1) is 0 Å². The molecule has 0 aliphatic carbocycles. The molecular weight excluding hydrogens is 292 g/mol. The second kappa shape index (κ2) is 6.08. The maximum atomic E-state index is 12.7. The van der Waals surface area contributed by atoms with Crippen LogP contribution in [-0.2, 0) is 15.5 Å². The van der Waals surface area contributed by atoms with Crippen LogP contribution in [0.25, 0.3) is 0 Å². The molecule has 0 bridgehead atoms. The summed E-state index contributed by atoms with van der Waals surface area (Å²) in [7, 11) is -1.08. The van der Waals surface area contributed by atoms with Crippen molar-refractivity contribution in [3.8, 4) is 0 Å². The van der Waals surface area contributed by atoms with E-state index in [1.807, 2.05) is 42.5 Å². The third kappa shape index (κ3) is 2.80. The third-order valence-electron chi connectivity index (χ3n) is 3.49. The lowest BCUT2D eigenvalue weighted by Crippen LogP contribution is -2.19. The van der Waals surface area contributed by atoms with E-state index < -0.39 is 10.8 Å². The van der Waals surface area contributed by atoms with E-state index in [1.165, 1.54) is 0 Å². The second-order valence-corrected chi connectivity index (χ2v) is 6.89. The van der Waals surface area contributed by atoms with Crippen LogP contribution in [0.4, 0.5) is 0 Å². The largest absolute Gasteiger partial charge is 0.372 e. The van der Waals surface area contributed by atoms with Gasteiger partial charge in [-0.15, -0.1) is 0 Å². The van der Waals surface area contributed by atoms with Gasteiger partial charge in [-0.3, -0.25) is 4.21 Å². The summed E-state index contributed by atoms with van der Waals surface area (Å²) >= 11 is 5.88. The molecule has 1 saturated heterocycles. The van der Waals surface area contributed by atoms with E-state index >= 15 is 0 Å². The molecule has 0 radical (unpaired) electrons. The van der Waals surface area contributed by atoms with Gasteiger partial charge in [-0.1, -0.05) is 41.9 Å². The van der Waals surface area contributed by atoms with Gasteiger partial charge in [0.25, 0.3) is 0 Å². The van der Waals surface area contributed by atoms with Crippen molar-refractivity contribution in [3.63, 3.8) is 0 Å². The van der Waals surface area contributed by atoms with E-state index in [9.17, 15) is 4.21 Å². The molecule has 0 N–H and O–H groups in total. The zero-order chi connectivity index (χ0) is 13.9. The average molecular weight is 307 g/mol. The molecule has 0 aromatic heterocycles. The molecule has 3 rings (SSSR count). The predicted molar refractivity (Wildman–Crippen MR) is 81.4 cm³/mol. The molecule has 0 spiro atoms. The number of ether oxygens (including phenoxy) is 1. The molecule has 0 amide bonds. The summed E-state index contributed by atoms with van der Waals surface area (Å²) in [6.45, 7) is 0.656. The monoisotopic (exact) mass is 306 g/mol. The molecule has 0 unspecified atom stereocenters. The van der Waals surface area contributed by atoms with Crippen LogP contribution in [0.1, 0.15) is 18.1 Å². The Hall–Kier alpha value is -1.16. The fourth-order valence-electron chi connectivity index (χ4n) is 2.49. The third-order valence-corrected chi connectivity index (χ3v) is 5.51. The Kier molecular flexibility index (Phi) is 4.20. The summed E-state index contributed by atoms with van der Waals surface area (Å²) in [5, 5.41) is 0.659. The Morgan fingerprint density at radius 2 is 1.75 bits per heavy atom. The number of rotatable bonds is 3. The summed E-state index contributed by atoms with van der Waals surface area (Å²) in [5.74, 6) is 0. The molecule has 4 heteroatoms.